The number of carbonyl (C=O) groups is 2. The highest BCUT2D eigenvalue weighted by Gasteiger charge is 2.40. The molecule has 1 saturated heterocycles. The summed E-state index contributed by atoms with van der Waals surface area (Å²) < 4.78 is 0. The largest absolute Gasteiger partial charge is 0.391 e. The Kier molecular flexibility index (Phi) is 5.27. The van der Waals surface area contributed by atoms with Crippen LogP contribution in [0.25, 0.3) is 0 Å². The molecular weight excluding hydrogens is 388 g/mol. The number of nitrogens with zero attached hydrogens (tertiary/aromatic N) is 4. The standard InChI is InChI=1S/C20H24N6O4/c1-20(2,12-21)30-29-18(27)14-6-7-15-17(23-14)26(13-8-10-25(15)11-13)19(28)24-16-5-3-4-9-22-16/h3-7,9,13H,8,10-12,21H2,1-2H3,(H,22,24,28)/t13-/m0/s1. The second-order valence-corrected chi connectivity index (χ2v) is 7.86. The Balaban J connectivity index is 1.60. The van der Waals surface area contributed by atoms with Gasteiger partial charge in [-0.2, -0.15) is 4.89 Å². The fraction of sp³-hybridized carbons (Fsp3) is 0.400. The van der Waals surface area contributed by atoms with Crippen molar-refractivity contribution in [3.8, 4) is 0 Å². The normalized spacial score (nSPS) is 17.5. The average molecular weight is 412 g/mol. The van der Waals surface area contributed by atoms with Crippen LogP contribution in [0.3, 0.4) is 0 Å². The SMILES string of the molecule is CC(C)(CN)OOC(=O)c1ccc2c(n1)N(C(=O)Nc1ccccn1)[C@H]1CCN2C1. The summed E-state index contributed by atoms with van der Waals surface area (Å²) >= 11 is 0. The highest BCUT2D eigenvalue weighted by Crippen LogP contribution is 2.39. The van der Waals surface area contributed by atoms with Crippen molar-refractivity contribution in [2.45, 2.75) is 31.9 Å². The highest BCUT2D eigenvalue weighted by molar-refractivity contribution is 6.04. The molecule has 2 amide bonds. The van der Waals surface area contributed by atoms with Gasteiger partial charge in [-0.15, -0.1) is 0 Å². The monoisotopic (exact) mass is 412 g/mol. The van der Waals surface area contributed by atoms with Gasteiger partial charge in [0.2, 0.25) is 0 Å². The van der Waals surface area contributed by atoms with Gasteiger partial charge in [-0.05, 0) is 44.5 Å². The number of hydrogen-bond acceptors (Lipinski definition) is 8. The van der Waals surface area contributed by atoms with Crippen molar-refractivity contribution >= 4 is 29.3 Å². The zero-order valence-electron chi connectivity index (χ0n) is 16.9. The first-order chi connectivity index (χ1) is 14.4. The molecule has 0 aliphatic carbocycles. The molecule has 10 nitrogen and oxygen atoms in total. The van der Waals surface area contributed by atoms with E-state index in [1.165, 1.54) is 0 Å². The Morgan fingerprint density at radius 3 is 2.87 bits per heavy atom. The van der Waals surface area contributed by atoms with Gasteiger partial charge in [-0.3, -0.25) is 15.1 Å². The molecule has 158 valence electrons. The summed E-state index contributed by atoms with van der Waals surface area (Å²) in [4.78, 5) is 47.9. The van der Waals surface area contributed by atoms with Crippen LogP contribution in [0.2, 0.25) is 0 Å². The van der Waals surface area contributed by atoms with E-state index in [2.05, 4.69) is 20.2 Å². The molecule has 3 N–H and O–H groups in total. The van der Waals surface area contributed by atoms with Crippen LogP contribution in [0, 0.1) is 0 Å². The van der Waals surface area contributed by atoms with E-state index in [0.717, 1.165) is 18.7 Å². The highest BCUT2D eigenvalue weighted by atomic mass is 17.2. The first-order valence-electron chi connectivity index (χ1n) is 9.75. The van der Waals surface area contributed by atoms with Crippen molar-refractivity contribution in [2.75, 3.05) is 34.8 Å². The van der Waals surface area contributed by atoms with Gasteiger partial charge in [0.15, 0.2) is 11.5 Å². The zero-order chi connectivity index (χ0) is 21.3. The number of amides is 2. The van der Waals surface area contributed by atoms with Gasteiger partial charge in [0, 0.05) is 25.8 Å². The van der Waals surface area contributed by atoms with Crippen LogP contribution in [0.5, 0.6) is 0 Å². The Morgan fingerprint density at radius 1 is 1.30 bits per heavy atom. The molecule has 1 fully saturated rings. The minimum atomic E-state index is -0.816. The lowest BCUT2D eigenvalue weighted by Crippen LogP contribution is -2.48. The number of rotatable bonds is 5. The van der Waals surface area contributed by atoms with Gasteiger partial charge in [0.05, 0.1) is 11.7 Å². The maximum atomic E-state index is 13.1. The summed E-state index contributed by atoms with van der Waals surface area (Å²) in [5.41, 5.74) is 5.60. The number of hydrogen-bond donors (Lipinski definition) is 2. The molecule has 4 heterocycles. The Bertz CT molecular complexity index is 952. The van der Waals surface area contributed by atoms with Crippen LogP contribution in [0.1, 0.15) is 30.8 Å². The molecule has 2 aliphatic heterocycles. The van der Waals surface area contributed by atoms with Gasteiger partial charge in [-0.25, -0.2) is 19.6 Å². The van der Waals surface area contributed by atoms with Crippen molar-refractivity contribution in [1.82, 2.24) is 9.97 Å². The van der Waals surface area contributed by atoms with E-state index >= 15 is 0 Å². The van der Waals surface area contributed by atoms with E-state index in [1.807, 2.05) is 0 Å². The van der Waals surface area contributed by atoms with Crippen molar-refractivity contribution in [1.29, 1.82) is 0 Å². The van der Waals surface area contributed by atoms with Crippen molar-refractivity contribution < 1.29 is 19.4 Å². The van der Waals surface area contributed by atoms with E-state index in [4.69, 9.17) is 15.5 Å². The summed E-state index contributed by atoms with van der Waals surface area (Å²) in [7, 11) is 0. The summed E-state index contributed by atoms with van der Waals surface area (Å²) in [5.74, 6) is 0.0968. The summed E-state index contributed by atoms with van der Waals surface area (Å²) in [5, 5.41) is 2.80. The lowest BCUT2D eigenvalue weighted by atomic mass is 10.1. The predicted octanol–water partition coefficient (Wildman–Crippen LogP) is 1.93. The van der Waals surface area contributed by atoms with Crippen molar-refractivity contribution in [2.24, 2.45) is 5.73 Å². The molecule has 2 aromatic heterocycles. The van der Waals surface area contributed by atoms with Crippen LogP contribution < -0.4 is 20.9 Å². The Hall–Kier alpha value is -3.24. The summed E-state index contributed by atoms with van der Waals surface area (Å²) in [6, 6.07) is 8.21. The third-order valence-electron chi connectivity index (χ3n) is 5.11. The molecule has 0 radical (unpaired) electrons. The molecule has 4 rings (SSSR count). The van der Waals surface area contributed by atoms with Crippen molar-refractivity contribution in [3.63, 3.8) is 0 Å². The first kappa shape index (κ1) is 20.0. The topological polar surface area (TPSA) is 123 Å². The number of nitrogens with one attached hydrogen (secondary N) is 1. The lowest BCUT2D eigenvalue weighted by Gasteiger charge is -2.35. The van der Waals surface area contributed by atoms with E-state index in [0.29, 0.717) is 18.2 Å². The van der Waals surface area contributed by atoms with Gasteiger partial charge in [0.25, 0.3) is 0 Å². The Labute approximate surface area is 173 Å². The number of pyridine rings is 2. The van der Waals surface area contributed by atoms with Gasteiger partial charge in [0.1, 0.15) is 11.4 Å². The maximum Gasteiger partial charge on any atom is 0.391 e. The third-order valence-corrected chi connectivity index (χ3v) is 5.11. The number of urea groups is 1. The van der Waals surface area contributed by atoms with Crippen LogP contribution in [0.4, 0.5) is 22.1 Å². The van der Waals surface area contributed by atoms with E-state index in [9.17, 15) is 9.59 Å². The molecule has 30 heavy (non-hydrogen) atoms. The Morgan fingerprint density at radius 2 is 2.13 bits per heavy atom. The fourth-order valence-corrected chi connectivity index (χ4v) is 3.42. The molecule has 0 aromatic carbocycles. The van der Waals surface area contributed by atoms with Crippen LogP contribution in [0.15, 0.2) is 36.5 Å². The second kappa shape index (κ2) is 7.88. The van der Waals surface area contributed by atoms with E-state index < -0.39 is 11.6 Å². The van der Waals surface area contributed by atoms with Crippen LogP contribution in [-0.2, 0) is 9.78 Å². The quantitative estimate of drug-likeness (QED) is 0.564. The van der Waals surface area contributed by atoms with Crippen molar-refractivity contribution in [3.05, 3.63) is 42.2 Å². The number of fused-ring (bicyclic) bond motifs is 4. The number of aromatic nitrogens is 2. The third kappa shape index (κ3) is 3.91. The first-order valence-corrected chi connectivity index (χ1v) is 9.75. The van der Waals surface area contributed by atoms with E-state index in [-0.39, 0.29) is 24.3 Å². The zero-order valence-corrected chi connectivity index (χ0v) is 16.9. The molecule has 0 spiro atoms. The maximum absolute atomic E-state index is 13.1. The minimum Gasteiger partial charge on any atom is -0.366 e. The lowest BCUT2D eigenvalue weighted by molar-refractivity contribution is -0.303. The number of carbonyl (C=O) groups excluding carboxylic acids is 2. The molecule has 2 aliphatic rings. The summed E-state index contributed by atoms with van der Waals surface area (Å²) in [6.45, 7) is 5.10. The molecule has 0 saturated carbocycles. The number of nitrogens with two attached hydrogens (primary N) is 1. The van der Waals surface area contributed by atoms with Gasteiger partial charge in [-0.1, -0.05) is 6.07 Å². The summed E-state index contributed by atoms with van der Waals surface area (Å²) in [6.07, 6.45) is 2.41. The molecular formula is C20H24N6O4. The average Bonchev–Trinajstić information content (AvgIpc) is 3.16. The van der Waals surface area contributed by atoms with Gasteiger partial charge >= 0.3 is 12.0 Å². The molecule has 0 unspecified atom stereocenters. The minimum absolute atomic E-state index is 0.0414. The van der Waals surface area contributed by atoms with E-state index in [1.54, 1.807) is 55.3 Å². The smallest absolute Gasteiger partial charge is 0.366 e. The number of anilines is 3. The second-order valence-electron chi connectivity index (χ2n) is 7.86. The molecule has 2 aromatic rings. The van der Waals surface area contributed by atoms with Crippen LogP contribution in [-0.4, -0.2) is 53.2 Å². The van der Waals surface area contributed by atoms with Crippen LogP contribution >= 0.6 is 0 Å². The predicted molar refractivity (Wildman–Crippen MR) is 110 cm³/mol. The van der Waals surface area contributed by atoms with Gasteiger partial charge < -0.3 is 10.6 Å². The fourth-order valence-electron chi connectivity index (χ4n) is 3.42. The molecule has 10 heteroatoms. The molecule has 2 bridgehead atoms. The molecule has 1 atom stereocenters.